The van der Waals surface area contributed by atoms with Crippen molar-refractivity contribution in [1.29, 1.82) is 5.26 Å². The van der Waals surface area contributed by atoms with Crippen LogP contribution in [0.4, 0.5) is 5.82 Å². The van der Waals surface area contributed by atoms with Gasteiger partial charge in [0.05, 0.1) is 11.1 Å². The number of nitrogens with one attached hydrogen (secondary N) is 1. The molecule has 1 aromatic heterocycles. The molecule has 0 amide bonds. The van der Waals surface area contributed by atoms with E-state index >= 15 is 0 Å². The van der Waals surface area contributed by atoms with Crippen molar-refractivity contribution >= 4 is 17.4 Å². The molecule has 4 nitrogen and oxygen atoms in total. The number of aliphatic hydroxyl groups excluding tert-OH is 1. The maximum absolute atomic E-state index is 9.68. The van der Waals surface area contributed by atoms with Gasteiger partial charge in [-0.25, -0.2) is 4.98 Å². The fraction of sp³-hybridized carbons (Fsp3) is 0.500. The van der Waals surface area contributed by atoms with Gasteiger partial charge in [0, 0.05) is 12.5 Å². The third-order valence-corrected chi connectivity index (χ3v) is 3.42. The second-order valence-electron chi connectivity index (χ2n) is 4.28. The minimum Gasteiger partial charge on any atom is -0.393 e. The smallest absolute Gasteiger partial charge is 0.161 e. The van der Waals surface area contributed by atoms with Gasteiger partial charge in [0.25, 0.3) is 0 Å². The zero-order valence-corrected chi connectivity index (χ0v) is 10.1. The number of nitriles is 1. The Kier molecular flexibility index (Phi) is 3.82. The molecule has 1 aromatic rings. The zero-order chi connectivity index (χ0) is 12.3. The molecule has 1 saturated carbocycles. The van der Waals surface area contributed by atoms with Crippen molar-refractivity contribution in [3.05, 3.63) is 22.8 Å². The number of rotatable bonds is 3. The van der Waals surface area contributed by atoms with Gasteiger partial charge in [0.2, 0.25) is 0 Å². The van der Waals surface area contributed by atoms with Crippen LogP contribution in [0.5, 0.6) is 0 Å². The quantitative estimate of drug-likeness (QED) is 0.864. The fourth-order valence-corrected chi connectivity index (χ4v) is 2.26. The highest BCUT2D eigenvalue weighted by molar-refractivity contribution is 6.31. The van der Waals surface area contributed by atoms with Crippen molar-refractivity contribution in [3.8, 4) is 6.07 Å². The number of aliphatic hydroxyl groups is 1. The van der Waals surface area contributed by atoms with E-state index in [4.69, 9.17) is 16.9 Å². The van der Waals surface area contributed by atoms with Crippen LogP contribution < -0.4 is 5.32 Å². The van der Waals surface area contributed by atoms with Gasteiger partial charge < -0.3 is 10.4 Å². The van der Waals surface area contributed by atoms with Gasteiger partial charge in [-0.2, -0.15) is 5.26 Å². The van der Waals surface area contributed by atoms with E-state index in [0.29, 0.717) is 17.4 Å². The Morgan fingerprint density at radius 3 is 3.00 bits per heavy atom. The molecular formula is C12H14ClN3O. The molecular weight excluding hydrogens is 238 g/mol. The van der Waals surface area contributed by atoms with Crippen molar-refractivity contribution in [3.63, 3.8) is 0 Å². The molecule has 5 heteroatoms. The normalized spacial score (nSPS) is 23.4. The SMILES string of the molecule is N#Cc1nc(NCC2CCCC2O)ccc1Cl. The molecule has 1 heterocycles. The first-order chi connectivity index (χ1) is 8.20. The highest BCUT2D eigenvalue weighted by Gasteiger charge is 2.24. The summed E-state index contributed by atoms with van der Waals surface area (Å²) in [6, 6.07) is 5.33. The summed E-state index contributed by atoms with van der Waals surface area (Å²) >= 11 is 5.79. The Balaban J connectivity index is 1.97. The number of aromatic nitrogens is 1. The Bertz CT molecular complexity index is 444. The third kappa shape index (κ3) is 2.87. The lowest BCUT2D eigenvalue weighted by Gasteiger charge is -2.15. The molecule has 0 bridgehead atoms. The number of hydrogen-bond acceptors (Lipinski definition) is 4. The zero-order valence-electron chi connectivity index (χ0n) is 9.36. The molecule has 0 radical (unpaired) electrons. The van der Waals surface area contributed by atoms with Crippen molar-refractivity contribution in [2.24, 2.45) is 5.92 Å². The maximum atomic E-state index is 9.68. The van der Waals surface area contributed by atoms with E-state index in [1.807, 2.05) is 6.07 Å². The Morgan fingerprint density at radius 2 is 2.35 bits per heavy atom. The van der Waals surface area contributed by atoms with Crippen LogP contribution in [0.3, 0.4) is 0 Å². The second-order valence-corrected chi connectivity index (χ2v) is 4.69. The van der Waals surface area contributed by atoms with E-state index in [1.165, 1.54) is 0 Å². The van der Waals surface area contributed by atoms with Gasteiger partial charge >= 0.3 is 0 Å². The summed E-state index contributed by atoms with van der Waals surface area (Å²) in [6.45, 7) is 0.681. The van der Waals surface area contributed by atoms with Crippen molar-refractivity contribution in [2.75, 3.05) is 11.9 Å². The van der Waals surface area contributed by atoms with Crippen LogP contribution in [-0.4, -0.2) is 22.7 Å². The first-order valence-electron chi connectivity index (χ1n) is 5.69. The number of anilines is 1. The van der Waals surface area contributed by atoms with E-state index in [-0.39, 0.29) is 17.7 Å². The second kappa shape index (κ2) is 5.35. The van der Waals surface area contributed by atoms with Gasteiger partial charge in [-0.1, -0.05) is 18.0 Å². The molecule has 0 saturated heterocycles. The van der Waals surface area contributed by atoms with E-state index in [1.54, 1.807) is 12.1 Å². The van der Waals surface area contributed by atoms with Gasteiger partial charge in [0.1, 0.15) is 11.9 Å². The summed E-state index contributed by atoms with van der Waals surface area (Å²) in [6.07, 6.45) is 2.77. The van der Waals surface area contributed by atoms with Crippen LogP contribution in [0.15, 0.2) is 12.1 Å². The number of nitrogens with zero attached hydrogens (tertiary/aromatic N) is 2. The van der Waals surface area contributed by atoms with E-state index in [0.717, 1.165) is 19.3 Å². The minimum atomic E-state index is -0.217. The molecule has 2 rings (SSSR count). The average molecular weight is 252 g/mol. The van der Waals surface area contributed by atoms with Gasteiger partial charge in [-0.3, -0.25) is 0 Å². The lowest BCUT2D eigenvalue weighted by Crippen LogP contribution is -2.22. The predicted molar refractivity (Wildman–Crippen MR) is 65.8 cm³/mol. The highest BCUT2D eigenvalue weighted by Crippen LogP contribution is 2.25. The molecule has 1 aliphatic rings. The van der Waals surface area contributed by atoms with Crippen LogP contribution in [-0.2, 0) is 0 Å². The molecule has 1 aliphatic carbocycles. The van der Waals surface area contributed by atoms with Crippen molar-refractivity contribution < 1.29 is 5.11 Å². The standard InChI is InChI=1S/C12H14ClN3O/c13-9-4-5-12(16-10(9)6-14)15-7-8-2-1-3-11(8)17/h4-5,8,11,17H,1-3,7H2,(H,15,16). The largest absolute Gasteiger partial charge is 0.393 e. The number of halogens is 1. The summed E-state index contributed by atoms with van der Waals surface area (Å²) < 4.78 is 0. The molecule has 2 N–H and O–H groups in total. The summed E-state index contributed by atoms with van der Waals surface area (Å²) in [5.41, 5.74) is 0.226. The van der Waals surface area contributed by atoms with E-state index in [2.05, 4.69) is 10.3 Å². The minimum absolute atomic E-state index is 0.217. The fourth-order valence-electron chi connectivity index (χ4n) is 2.11. The molecule has 1 fully saturated rings. The van der Waals surface area contributed by atoms with Crippen LogP contribution in [0.2, 0.25) is 5.02 Å². The molecule has 0 aromatic carbocycles. The number of pyridine rings is 1. The van der Waals surface area contributed by atoms with Gasteiger partial charge in [0.15, 0.2) is 5.69 Å². The topological polar surface area (TPSA) is 68.9 Å². The molecule has 17 heavy (non-hydrogen) atoms. The average Bonchev–Trinajstić information content (AvgIpc) is 2.74. The van der Waals surface area contributed by atoms with Crippen LogP contribution >= 0.6 is 11.6 Å². The molecule has 0 aliphatic heterocycles. The van der Waals surface area contributed by atoms with Crippen LogP contribution in [0.1, 0.15) is 25.0 Å². The summed E-state index contributed by atoms with van der Waals surface area (Å²) in [7, 11) is 0. The molecule has 0 spiro atoms. The summed E-state index contributed by atoms with van der Waals surface area (Å²) in [5, 5.41) is 22.0. The Morgan fingerprint density at radius 1 is 1.53 bits per heavy atom. The van der Waals surface area contributed by atoms with Gasteiger partial charge in [-0.05, 0) is 25.0 Å². The molecule has 2 unspecified atom stereocenters. The number of hydrogen-bond donors (Lipinski definition) is 2. The maximum Gasteiger partial charge on any atom is 0.161 e. The monoisotopic (exact) mass is 251 g/mol. The molecule has 90 valence electrons. The first kappa shape index (κ1) is 12.2. The Labute approximate surface area is 105 Å². The van der Waals surface area contributed by atoms with Crippen molar-refractivity contribution in [2.45, 2.75) is 25.4 Å². The first-order valence-corrected chi connectivity index (χ1v) is 6.07. The molecule has 2 atom stereocenters. The van der Waals surface area contributed by atoms with Crippen LogP contribution in [0.25, 0.3) is 0 Å². The lowest BCUT2D eigenvalue weighted by molar-refractivity contribution is 0.138. The van der Waals surface area contributed by atoms with Crippen molar-refractivity contribution in [1.82, 2.24) is 4.98 Å². The Hall–Kier alpha value is -1.31. The lowest BCUT2D eigenvalue weighted by atomic mass is 10.1. The van der Waals surface area contributed by atoms with Crippen LogP contribution in [0, 0.1) is 17.2 Å². The third-order valence-electron chi connectivity index (χ3n) is 3.12. The highest BCUT2D eigenvalue weighted by atomic mass is 35.5. The summed E-state index contributed by atoms with van der Waals surface area (Å²) in [4.78, 5) is 4.09. The van der Waals surface area contributed by atoms with E-state index in [9.17, 15) is 5.11 Å². The van der Waals surface area contributed by atoms with Gasteiger partial charge in [-0.15, -0.1) is 0 Å². The van der Waals surface area contributed by atoms with E-state index < -0.39 is 0 Å². The predicted octanol–water partition coefficient (Wildman–Crippen LogP) is 2.18. The summed E-state index contributed by atoms with van der Waals surface area (Å²) in [5.74, 6) is 0.906.